The number of benzene rings is 1. The summed E-state index contributed by atoms with van der Waals surface area (Å²) in [6.45, 7) is 6.51. The maximum Gasteiger partial charge on any atom is 0.209 e. The SMILES string of the molecule is CN(Cc1ncc(-c2ccc(Cl)cc2)o1)CC(C)(C)CN. The molecule has 0 fully saturated rings. The van der Waals surface area contributed by atoms with E-state index in [0.29, 0.717) is 24.0 Å². The molecule has 4 nitrogen and oxygen atoms in total. The highest BCUT2D eigenvalue weighted by atomic mass is 35.5. The fourth-order valence-corrected chi connectivity index (χ4v) is 2.34. The second-order valence-electron chi connectivity index (χ2n) is 6.17. The van der Waals surface area contributed by atoms with Gasteiger partial charge in [0, 0.05) is 17.1 Å². The number of hydrogen-bond acceptors (Lipinski definition) is 4. The number of halogens is 1. The molecule has 2 N–H and O–H groups in total. The van der Waals surface area contributed by atoms with Crippen LogP contribution in [-0.2, 0) is 6.54 Å². The molecule has 2 aromatic rings. The largest absolute Gasteiger partial charge is 0.439 e. The van der Waals surface area contributed by atoms with Crippen molar-refractivity contribution in [3.63, 3.8) is 0 Å². The van der Waals surface area contributed by atoms with Crippen LogP contribution in [0, 0.1) is 5.41 Å². The lowest BCUT2D eigenvalue weighted by Crippen LogP contribution is -2.36. The molecule has 5 heteroatoms. The highest BCUT2D eigenvalue weighted by Gasteiger charge is 2.19. The molecule has 0 radical (unpaired) electrons. The van der Waals surface area contributed by atoms with Crippen LogP contribution in [0.1, 0.15) is 19.7 Å². The molecule has 0 aliphatic carbocycles. The zero-order valence-corrected chi connectivity index (χ0v) is 13.5. The van der Waals surface area contributed by atoms with Crippen LogP contribution in [0.3, 0.4) is 0 Å². The van der Waals surface area contributed by atoms with Crippen molar-refractivity contribution in [3.8, 4) is 11.3 Å². The molecule has 0 aliphatic heterocycles. The molecule has 0 saturated carbocycles. The Labute approximate surface area is 130 Å². The van der Waals surface area contributed by atoms with Crippen LogP contribution in [0.2, 0.25) is 5.02 Å². The van der Waals surface area contributed by atoms with Gasteiger partial charge >= 0.3 is 0 Å². The molecule has 0 amide bonds. The predicted octanol–water partition coefficient (Wildman–Crippen LogP) is 3.41. The van der Waals surface area contributed by atoms with E-state index in [1.807, 2.05) is 31.3 Å². The average Bonchev–Trinajstić information content (AvgIpc) is 2.87. The van der Waals surface area contributed by atoms with Gasteiger partial charge in [-0.15, -0.1) is 0 Å². The summed E-state index contributed by atoms with van der Waals surface area (Å²) in [6, 6.07) is 7.53. The van der Waals surface area contributed by atoms with Crippen molar-refractivity contribution in [1.29, 1.82) is 0 Å². The van der Waals surface area contributed by atoms with E-state index in [1.54, 1.807) is 6.20 Å². The fourth-order valence-electron chi connectivity index (χ4n) is 2.21. The molecule has 0 bridgehead atoms. The molecule has 114 valence electrons. The summed E-state index contributed by atoms with van der Waals surface area (Å²) in [5.74, 6) is 1.46. The maximum atomic E-state index is 5.89. The van der Waals surface area contributed by atoms with Gasteiger partial charge in [0.2, 0.25) is 5.89 Å². The normalized spacial score (nSPS) is 12.1. The second kappa shape index (κ2) is 6.60. The van der Waals surface area contributed by atoms with Gasteiger partial charge in [0.25, 0.3) is 0 Å². The Balaban J connectivity index is 2.01. The molecule has 2 rings (SSSR count). The van der Waals surface area contributed by atoms with Crippen LogP contribution in [-0.4, -0.2) is 30.0 Å². The van der Waals surface area contributed by atoms with Crippen molar-refractivity contribution in [2.45, 2.75) is 20.4 Å². The van der Waals surface area contributed by atoms with Gasteiger partial charge in [0.05, 0.1) is 12.7 Å². The highest BCUT2D eigenvalue weighted by molar-refractivity contribution is 6.30. The standard InChI is InChI=1S/C16H22ClN3O/c1-16(2,10-18)11-20(3)9-15-19-8-14(21-15)12-4-6-13(17)7-5-12/h4-8H,9-11,18H2,1-3H3. The summed E-state index contributed by atoms with van der Waals surface area (Å²) >= 11 is 5.89. The van der Waals surface area contributed by atoms with E-state index in [0.717, 1.165) is 17.9 Å². The Kier molecular flexibility index (Phi) is 5.04. The van der Waals surface area contributed by atoms with Crippen molar-refractivity contribution >= 4 is 11.6 Å². The monoisotopic (exact) mass is 307 g/mol. The number of rotatable bonds is 6. The molecule has 0 spiro atoms. The van der Waals surface area contributed by atoms with E-state index in [2.05, 4.69) is 23.7 Å². The smallest absolute Gasteiger partial charge is 0.209 e. The molecule has 21 heavy (non-hydrogen) atoms. The molecule has 1 heterocycles. The van der Waals surface area contributed by atoms with E-state index in [1.165, 1.54) is 0 Å². The van der Waals surface area contributed by atoms with Crippen LogP contribution >= 0.6 is 11.6 Å². The first kappa shape index (κ1) is 16.0. The lowest BCUT2D eigenvalue weighted by Gasteiger charge is -2.28. The molecular weight excluding hydrogens is 286 g/mol. The van der Waals surface area contributed by atoms with E-state index in [-0.39, 0.29) is 5.41 Å². The second-order valence-corrected chi connectivity index (χ2v) is 6.60. The summed E-state index contributed by atoms with van der Waals surface area (Å²) in [5.41, 5.74) is 6.82. The van der Waals surface area contributed by atoms with Crippen molar-refractivity contribution in [2.75, 3.05) is 20.1 Å². The summed E-state index contributed by atoms with van der Waals surface area (Å²) in [6.07, 6.45) is 1.75. The number of hydrogen-bond donors (Lipinski definition) is 1. The lowest BCUT2D eigenvalue weighted by atomic mass is 9.93. The van der Waals surface area contributed by atoms with Crippen molar-refractivity contribution in [1.82, 2.24) is 9.88 Å². The van der Waals surface area contributed by atoms with Gasteiger partial charge in [0.1, 0.15) is 0 Å². The van der Waals surface area contributed by atoms with Gasteiger partial charge in [-0.1, -0.05) is 25.4 Å². The first-order chi connectivity index (χ1) is 9.89. The van der Waals surface area contributed by atoms with Gasteiger partial charge in [-0.2, -0.15) is 0 Å². The van der Waals surface area contributed by atoms with Crippen LogP contribution in [0.15, 0.2) is 34.9 Å². The Morgan fingerprint density at radius 1 is 1.29 bits per heavy atom. The Bertz CT molecular complexity index is 577. The third-order valence-electron chi connectivity index (χ3n) is 3.34. The minimum Gasteiger partial charge on any atom is -0.439 e. The first-order valence-corrected chi connectivity index (χ1v) is 7.37. The van der Waals surface area contributed by atoms with E-state index < -0.39 is 0 Å². The summed E-state index contributed by atoms with van der Waals surface area (Å²) in [5, 5.41) is 0.710. The predicted molar refractivity (Wildman–Crippen MR) is 86.1 cm³/mol. The van der Waals surface area contributed by atoms with Crippen molar-refractivity contribution in [2.24, 2.45) is 11.1 Å². The van der Waals surface area contributed by atoms with Gasteiger partial charge < -0.3 is 10.2 Å². The van der Waals surface area contributed by atoms with Gasteiger partial charge in [-0.3, -0.25) is 4.90 Å². The molecule has 1 aromatic heterocycles. The molecule has 1 aromatic carbocycles. The minimum atomic E-state index is 0.0837. The molecule has 0 atom stereocenters. The number of oxazole rings is 1. The van der Waals surface area contributed by atoms with Crippen LogP contribution in [0.4, 0.5) is 0 Å². The quantitative estimate of drug-likeness (QED) is 0.888. The van der Waals surface area contributed by atoms with E-state index in [4.69, 9.17) is 21.8 Å². The number of aromatic nitrogens is 1. The third kappa shape index (κ3) is 4.56. The molecule has 0 unspecified atom stereocenters. The van der Waals surface area contributed by atoms with Crippen LogP contribution in [0.25, 0.3) is 11.3 Å². The summed E-state index contributed by atoms with van der Waals surface area (Å²) < 4.78 is 5.80. The van der Waals surface area contributed by atoms with E-state index in [9.17, 15) is 0 Å². The van der Waals surface area contributed by atoms with Gasteiger partial charge in [-0.25, -0.2) is 4.98 Å². The fraction of sp³-hybridized carbons (Fsp3) is 0.438. The summed E-state index contributed by atoms with van der Waals surface area (Å²) in [7, 11) is 2.05. The van der Waals surface area contributed by atoms with E-state index >= 15 is 0 Å². The minimum absolute atomic E-state index is 0.0837. The van der Waals surface area contributed by atoms with Crippen LogP contribution < -0.4 is 5.73 Å². The lowest BCUT2D eigenvalue weighted by molar-refractivity contribution is 0.196. The van der Waals surface area contributed by atoms with Gasteiger partial charge in [-0.05, 0) is 43.3 Å². The van der Waals surface area contributed by atoms with Crippen molar-refractivity contribution < 1.29 is 4.42 Å². The zero-order chi connectivity index (χ0) is 15.5. The maximum absolute atomic E-state index is 5.89. The molecular formula is C16H22ClN3O. The Hall–Kier alpha value is -1.36. The topological polar surface area (TPSA) is 55.3 Å². The highest BCUT2D eigenvalue weighted by Crippen LogP contribution is 2.23. The van der Waals surface area contributed by atoms with Crippen LogP contribution in [0.5, 0.6) is 0 Å². The van der Waals surface area contributed by atoms with Crippen molar-refractivity contribution in [3.05, 3.63) is 41.4 Å². The molecule has 0 saturated heterocycles. The zero-order valence-electron chi connectivity index (χ0n) is 12.8. The number of nitrogens with zero attached hydrogens (tertiary/aromatic N) is 2. The average molecular weight is 308 g/mol. The Morgan fingerprint density at radius 2 is 1.95 bits per heavy atom. The molecule has 0 aliphatic rings. The van der Waals surface area contributed by atoms with Gasteiger partial charge in [0.15, 0.2) is 5.76 Å². The number of nitrogens with two attached hydrogens (primary N) is 1. The Morgan fingerprint density at radius 3 is 2.57 bits per heavy atom. The summed E-state index contributed by atoms with van der Waals surface area (Å²) in [4.78, 5) is 6.51. The first-order valence-electron chi connectivity index (χ1n) is 6.99. The third-order valence-corrected chi connectivity index (χ3v) is 3.59.